The normalized spacial score (nSPS) is 10.1. The largest absolute Gasteiger partial charge is 0.270 e. The van der Waals surface area contributed by atoms with Gasteiger partial charge in [-0.2, -0.15) is 5.26 Å². The fourth-order valence-corrected chi connectivity index (χ4v) is 2.69. The molecule has 0 N–H and O–H groups in total. The first-order valence-electron chi connectivity index (χ1n) is 5.95. The monoisotopic (exact) mass is 284 g/mol. The first-order valence-corrected chi connectivity index (χ1v) is 6.76. The molecule has 0 heterocycles. The van der Waals surface area contributed by atoms with E-state index < -0.39 is 4.92 Å². The standard InChI is InChI=1S/C15H12N2O2S/c1-10-3-5-14(7-11(10)2)20-15-6-4-13(17(18)19)8-12(15)9-16/h3-8H,1-2H3. The minimum atomic E-state index is -0.495. The molecule has 0 aromatic heterocycles. The molecule has 0 aliphatic heterocycles. The lowest BCUT2D eigenvalue weighted by Crippen LogP contribution is -1.90. The average molecular weight is 284 g/mol. The molecule has 0 unspecified atom stereocenters. The maximum atomic E-state index is 10.7. The number of non-ortho nitro benzene ring substituents is 1. The van der Waals surface area contributed by atoms with Crippen LogP contribution < -0.4 is 0 Å². The molecule has 5 heteroatoms. The second kappa shape index (κ2) is 5.76. The summed E-state index contributed by atoms with van der Waals surface area (Å²) in [4.78, 5) is 12.0. The molecule has 0 radical (unpaired) electrons. The van der Waals surface area contributed by atoms with Crippen molar-refractivity contribution in [3.8, 4) is 6.07 Å². The summed E-state index contributed by atoms with van der Waals surface area (Å²) in [5, 5.41) is 19.8. The first-order chi connectivity index (χ1) is 9.51. The number of hydrogen-bond donors (Lipinski definition) is 0. The first kappa shape index (κ1) is 14.1. The Morgan fingerprint density at radius 1 is 1.15 bits per heavy atom. The van der Waals surface area contributed by atoms with Gasteiger partial charge in [-0.15, -0.1) is 0 Å². The fraction of sp³-hybridized carbons (Fsp3) is 0.133. The quantitative estimate of drug-likeness (QED) is 0.624. The molecule has 0 aliphatic carbocycles. The van der Waals surface area contributed by atoms with Gasteiger partial charge in [0.25, 0.3) is 5.69 Å². The van der Waals surface area contributed by atoms with Crippen LogP contribution in [-0.4, -0.2) is 4.92 Å². The molecule has 0 fully saturated rings. The van der Waals surface area contributed by atoms with Crippen LogP contribution in [0.1, 0.15) is 16.7 Å². The van der Waals surface area contributed by atoms with E-state index >= 15 is 0 Å². The number of nitriles is 1. The van der Waals surface area contributed by atoms with E-state index in [1.165, 1.54) is 35.0 Å². The van der Waals surface area contributed by atoms with Gasteiger partial charge in [-0.3, -0.25) is 10.1 Å². The Balaban J connectivity index is 2.36. The zero-order valence-corrected chi connectivity index (χ0v) is 11.9. The lowest BCUT2D eigenvalue weighted by molar-refractivity contribution is -0.384. The molecular formula is C15H12N2O2S. The Hall–Kier alpha value is -2.32. The van der Waals surface area contributed by atoms with Crippen LogP contribution in [0.4, 0.5) is 5.69 Å². The van der Waals surface area contributed by atoms with Crippen LogP contribution in [0, 0.1) is 35.3 Å². The maximum absolute atomic E-state index is 10.7. The maximum Gasteiger partial charge on any atom is 0.270 e. The second-order valence-corrected chi connectivity index (χ2v) is 5.51. The van der Waals surface area contributed by atoms with Crippen LogP contribution in [0.3, 0.4) is 0 Å². The number of nitro groups is 1. The molecule has 4 nitrogen and oxygen atoms in total. The van der Waals surface area contributed by atoms with Crippen LogP contribution >= 0.6 is 11.8 Å². The van der Waals surface area contributed by atoms with Crippen LogP contribution in [0.2, 0.25) is 0 Å². The summed E-state index contributed by atoms with van der Waals surface area (Å²) in [6.45, 7) is 4.07. The third kappa shape index (κ3) is 2.98. The van der Waals surface area contributed by atoms with E-state index in [4.69, 9.17) is 5.26 Å². The Bertz CT molecular complexity index is 720. The summed E-state index contributed by atoms with van der Waals surface area (Å²) in [5.74, 6) is 0. The minimum Gasteiger partial charge on any atom is -0.258 e. The summed E-state index contributed by atoms with van der Waals surface area (Å²) in [5.41, 5.74) is 2.64. The lowest BCUT2D eigenvalue weighted by Gasteiger charge is -2.06. The number of benzene rings is 2. The Morgan fingerprint density at radius 2 is 1.90 bits per heavy atom. The van der Waals surface area contributed by atoms with E-state index in [0.717, 1.165) is 9.79 Å². The molecule has 0 bridgehead atoms. The van der Waals surface area contributed by atoms with Gasteiger partial charge in [0.15, 0.2) is 0 Å². The summed E-state index contributed by atoms with van der Waals surface area (Å²) in [6, 6.07) is 12.4. The van der Waals surface area contributed by atoms with Crippen molar-refractivity contribution in [1.29, 1.82) is 5.26 Å². The summed E-state index contributed by atoms with van der Waals surface area (Å²) in [7, 11) is 0. The van der Waals surface area contributed by atoms with E-state index in [0.29, 0.717) is 5.56 Å². The number of nitro benzene ring substituents is 1. The zero-order valence-electron chi connectivity index (χ0n) is 11.1. The number of hydrogen-bond acceptors (Lipinski definition) is 4. The van der Waals surface area contributed by atoms with Crippen molar-refractivity contribution in [2.45, 2.75) is 23.6 Å². The van der Waals surface area contributed by atoms with Crippen molar-refractivity contribution < 1.29 is 4.92 Å². The Labute approximate surface area is 121 Å². The smallest absolute Gasteiger partial charge is 0.258 e. The van der Waals surface area contributed by atoms with Gasteiger partial charge in [-0.25, -0.2) is 0 Å². The molecule has 100 valence electrons. The van der Waals surface area contributed by atoms with E-state index in [2.05, 4.69) is 0 Å². The van der Waals surface area contributed by atoms with Crippen molar-refractivity contribution in [3.05, 3.63) is 63.2 Å². The molecule has 20 heavy (non-hydrogen) atoms. The average Bonchev–Trinajstić information content (AvgIpc) is 2.43. The van der Waals surface area contributed by atoms with Gasteiger partial charge in [0.05, 0.1) is 10.5 Å². The third-order valence-corrected chi connectivity index (χ3v) is 4.07. The van der Waals surface area contributed by atoms with Gasteiger partial charge in [-0.05, 0) is 43.2 Å². The van der Waals surface area contributed by atoms with Gasteiger partial charge in [0, 0.05) is 21.9 Å². The summed E-state index contributed by atoms with van der Waals surface area (Å²) < 4.78 is 0. The molecule has 0 saturated carbocycles. The van der Waals surface area contributed by atoms with Gasteiger partial charge in [-0.1, -0.05) is 17.8 Å². The highest BCUT2D eigenvalue weighted by molar-refractivity contribution is 7.99. The van der Waals surface area contributed by atoms with Crippen LogP contribution in [0.5, 0.6) is 0 Å². The summed E-state index contributed by atoms with van der Waals surface area (Å²) >= 11 is 1.44. The molecule has 0 spiro atoms. The molecule has 0 aliphatic rings. The van der Waals surface area contributed by atoms with Gasteiger partial charge < -0.3 is 0 Å². The van der Waals surface area contributed by atoms with Crippen molar-refractivity contribution in [2.24, 2.45) is 0 Å². The van der Waals surface area contributed by atoms with Crippen molar-refractivity contribution in [1.82, 2.24) is 0 Å². The highest BCUT2D eigenvalue weighted by Crippen LogP contribution is 2.33. The molecule has 2 aromatic carbocycles. The topological polar surface area (TPSA) is 66.9 Å². The Kier molecular flexibility index (Phi) is 4.06. The Morgan fingerprint density at radius 3 is 2.50 bits per heavy atom. The highest BCUT2D eigenvalue weighted by Gasteiger charge is 2.11. The summed E-state index contributed by atoms with van der Waals surface area (Å²) in [6.07, 6.45) is 0. The van der Waals surface area contributed by atoms with E-state index in [1.807, 2.05) is 38.1 Å². The number of nitrogens with zero attached hydrogens (tertiary/aromatic N) is 2. The molecule has 2 rings (SSSR count). The van der Waals surface area contributed by atoms with Crippen molar-refractivity contribution in [2.75, 3.05) is 0 Å². The van der Waals surface area contributed by atoms with Gasteiger partial charge in [0.2, 0.25) is 0 Å². The number of rotatable bonds is 3. The van der Waals surface area contributed by atoms with E-state index in [1.54, 1.807) is 6.07 Å². The molecule has 2 aromatic rings. The van der Waals surface area contributed by atoms with Gasteiger partial charge in [0.1, 0.15) is 6.07 Å². The predicted octanol–water partition coefficient (Wildman–Crippen LogP) is 4.23. The fourth-order valence-electron chi connectivity index (χ4n) is 1.71. The van der Waals surface area contributed by atoms with E-state index in [9.17, 15) is 10.1 Å². The lowest BCUT2D eigenvalue weighted by atomic mass is 10.1. The van der Waals surface area contributed by atoms with Crippen LogP contribution in [-0.2, 0) is 0 Å². The highest BCUT2D eigenvalue weighted by atomic mass is 32.2. The van der Waals surface area contributed by atoms with Gasteiger partial charge >= 0.3 is 0 Å². The molecule has 0 atom stereocenters. The number of aryl methyl sites for hydroxylation is 2. The second-order valence-electron chi connectivity index (χ2n) is 4.40. The SMILES string of the molecule is Cc1ccc(Sc2ccc([N+](=O)[O-])cc2C#N)cc1C. The van der Waals surface area contributed by atoms with Crippen LogP contribution in [0.25, 0.3) is 0 Å². The minimum absolute atomic E-state index is 0.0639. The van der Waals surface area contributed by atoms with Crippen LogP contribution in [0.15, 0.2) is 46.2 Å². The molecular weight excluding hydrogens is 272 g/mol. The van der Waals surface area contributed by atoms with E-state index in [-0.39, 0.29) is 5.69 Å². The third-order valence-electron chi connectivity index (χ3n) is 3.00. The predicted molar refractivity (Wildman–Crippen MR) is 77.9 cm³/mol. The van der Waals surface area contributed by atoms with Crippen molar-refractivity contribution >= 4 is 17.4 Å². The molecule has 0 saturated heterocycles. The van der Waals surface area contributed by atoms with Crippen molar-refractivity contribution in [3.63, 3.8) is 0 Å². The molecule has 0 amide bonds. The zero-order chi connectivity index (χ0) is 14.7.